The molecule has 0 aliphatic carbocycles. The van der Waals surface area contributed by atoms with E-state index < -0.39 is 0 Å². The van der Waals surface area contributed by atoms with Gasteiger partial charge in [-0.15, -0.1) is 0 Å². The van der Waals surface area contributed by atoms with Crippen LogP contribution >= 0.6 is 11.6 Å². The Hall–Kier alpha value is -4.07. The summed E-state index contributed by atoms with van der Waals surface area (Å²) < 4.78 is 0. The van der Waals surface area contributed by atoms with Crippen LogP contribution in [0.2, 0.25) is 5.02 Å². The number of benzene rings is 2. The second kappa shape index (κ2) is 10.2. The van der Waals surface area contributed by atoms with Gasteiger partial charge in [0.25, 0.3) is 0 Å². The van der Waals surface area contributed by atoms with E-state index in [1.807, 2.05) is 80.6 Å². The number of nitrogens with zero attached hydrogens (tertiary/aromatic N) is 3. The molecule has 4 rings (SSSR count). The Morgan fingerprint density at radius 3 is 2.38 bits per heavy atom. The molecule has 0 saturated heterocycles. The Morgan fingerprint density at radius 2 is 1.62 bits per heavy atom. The van der Waals surface area contributed by atoms with E-state index >= 15 is 0 Å². The molecule has 0 spiro atoms. The van der Waals surface area contributed by atoms with E-state index in [0.717, 1.165) is 45.4 Å². The lowest BCUT2D eigenvalue weighted by molar-refractivity contribution is 1.08. The molecule has 2 aromatic carbocycles. The Labute approximate surface area is 204 Å². The summed E-state index contributed by atoms with van der Waals surface area (Å²) in [6.07, 6.45) is 5.10. The summed E-state index contributed by atoms with van der Waals surface area (Å²) in [5.41, 5.74) is 13.9. The number of hydrazine groups is 1. The van der Waals surface area contributed by atoms with Crippen molar-refractivity contribution in [1.29, 1.82) is 0 Å². The molecule has 0 atom stereocenters. The highest BCUT2D eigenvalue weighted by Gasteiger charge is 2.06. The van der Waals surface area contributed by atoms with Crippen LogP contribution in [0.1, 0.15) is 17.0 Å². The highest BCUT2D eigenvalue weighted by Crippen LogP contribution is 2.27. The second-order valence-corrected chi connectivity index (χ2v) is 8.27. The van der Waals surface area contributed by atoms with Crippen LogP contribution in [0, 0.1) is 13.8 Å². The normalized spacial score (nSPS) is 11.2. The lowest BCUT2D eigenvalue weighted by Gasteiger charge is -2.17. The van der Waals surface area contributed by atoms with E-state index in [4.69, 9.17) is 23.2 Å². The van der Waals surface area contributed by atoms with Gasteiger partial charge >= 0.3 is 0 Å². The molecule has 8 heteroatoms. The summed E-state index contributed by atoms with van der Waals surface area (Å²) in [7, 11) is 0. The molecule has 4 aromatic rings. The molecule has 6 N–H and O–H groups in total. The third kappa shape index (κ3) is 5.83. The molecule has 0 saturated carbocycles. The minimum absolute atomic E-state index is 0.540. The third-order valence-corrected chi connectivity index (χ3v) is 5.40. The fourth-order valence-electron chi connectivity index (χ4n) is 3.38. The molecule has 0 amide bonds. The van der Waals surface area contributed by atoms with Crippen molar-refractivity contribution in [3.05, 3.63) is 107 Å². The molecule has 34 heavy (non-hydrogen) atoms. The highest BCUT2D eigenvalue weighted by atomic mass is 35.5. The topological polar surface area (TPSA) is 105 Å². The average molecular weight is 472 g/mol. The standard InChI is InChI=1S/C26H26ClN7/c1-17-12-22(10-11-30-17)32-21-5-3-4-19(14-21)25(28)16-34(29)23-8-6-20(7-9-23)33-26-13-18(2)31-15-24(26)27/h3-16H,28-29H2,1-2H3,(H,30,32)(H,31,33)/b25-16-. The van der Waals surface area contributed by atoms with E-state index in [1.54, 1.807) is 18.6 Å². The van der Waals surface area contributed by atoms with E-state index in [1.165, 1.54) is 5.01 Å². The van der Waals surface area contributed by atoms with Gasteiger partial charge in [-0.2, -0.15) is 0 Å². The number of pyridine rings is 2. The third-order valence-electron chi connectivity index (χ3n) is 5.10. The summed E-state index contributed by atoms with van der Waals surface area (Å²) in [4.78, 5) is 8.40. The van der Waals surface area contributed by atoms with E-state index in [-0.39, 0.29) is 0 Å². The van der Waals surface area contributed by atoms with Gasteiger partial charge in [-0.3, -0.25) is 15.0 Å². The average Bonchev–Trinajstić information content (AvgIpc) is 2.82. The largest absolute Gasteiger partial charge is 0.397 e. The molecule has 7 nitrogen and oxygen atoms in total. The smallest absolute Gasteiger partial charge is 0.0824 e. The zero-order chi connectivity index (χ0) is 24.1. The number of rotatable bonds is 7. The van der Waals surface area contributed by atoms with Crippen LogP contribution in [0.15, 0.2) is 85.3 Å². The Morgan fingerprint density at radius 1 is 0.882 bits per heavy atom. The van der Waals surface area contributed by atoms with Gasteiger partial charge in [0.1, 0.15) is 0 Å². The number of aryl methyl sites for hydroxylation is 2. The van der Waals surface area contributed by atoms with Gasteiger partial charge in [0.05, 0.1) is 22.1 Å². The van der Waals surface area contributed by atoms with Crippen molar-refractivity contribution in [1.82, 2.24) is 9.97 Å². The number of halogens is 1. The van der Waals surface area contributed by atoms with Gasteiger partial charge in [0.2, 0.25) is 0 Å². The lowest BCUT2D eigenvalue weighted by atomic mass is 10.1. The highest BCUT2D eigenvalue weighted by molar-refractivity contribution is 6.33. The molecule has 0 radical (unpaired) electrons. The van der Waals surface area contributed by atoms with Gasteiger partial charge in [-0.1, -0.05) is 23.7 Å². The number of anilines is 5. The van der Waals surface area contributed by atoms with Gasteiger partial charge in [0.15, 0.2) is 0 Å². The molecule has 172 valence electrons. The monoisotopic (exact) mass is 471 g/mol. The summed E-state index contributed by atoms with van der Waals surface area (Å²) in [5.74, 6) is 6.26. The first-order valence-corrected chi connectivity index (χ1v) is 11.1. The maximum atomic E-state index is 6.35. The number of hydrogen-bond acceptors (Lipinski definition) is 7. The molecule has 0 bridgehead atoms. The van der Waals surface area contributed by atoms with Crippen LogP contribution in [0.5, 0.6) is 0 Å². The van der Waals surface area contributed by atoms with Crippen LogP contribution in [0.3, 0.4) is 0 Å². The molecule has 0 aliphatic rings. The summed E-state index contributed by atoms with van der Waals surface area (Å²) in [5, 5.41) is 8.72. The van der Waals surface area contributed by atoms with Crippen molar-refractivity contribution in [2.24, 2.45) is 11.6 Å². The van der Waals surface area contributed by atoms with Crippen LogP contribution in [-0.2, 0) is 0 Å². The fraction of sp³-hybridized carbons (Fsp3) is 0.0769. The predicted molar refractivity (Wildman–Crippen MR) is 141 cm³/mol. The van der Waals surface area contributed by atoms with Crippen LogP contribution in [-0.4, -0.2) is 9.97 Å². The molecular weight excluding hydrogens is 446 g/mol. The van der Waals surface area contributed by atoms with E-state index in [9.17, 15) is 0 Å². The predicted octanol–water partition coefficient (Wildman–Crippen LogP) is 5.87. The molecule has 2 heterocycles. The second-order valence-electron chi connectivity index (χ2n) is 7.86. The van der Waals surface area contributed by atoms with Crippen molar-refractivity contribution in [3.8, 4) is 0 Å². The van der Waals surface area contributed by atoms with Gasteiger partial charge in [0, 0.05) is 52.6 Å². The summed E-state index contributed by atoms with van der Waals surface area (Å²) in [6.45, 7) is 3.87. The first-order valence-electron chi connectivity index (χ1n) is 10.7. The van der Waals surface area contributed by atoms with Crippen molar-refractivity contribution in [2.45, 2.75) is 13.8 Å². The molecule has 0 unspecified atom stereocenters. The first-order chi connectivity index (χ1) is 16.4. The zero-order valence-corrected chi connectivity index (χ0v) is 19.7. The van der Waals surface area contributed by atoms with Gasteiger partial charge < -0.3 is 16.4 Å². The van der Waals surface area contributed by atoms with Crippen molar-refractivity contribution in [3.63, 3.8) is 0 Å². The molecular formula is C26H26ClN7. The van der Waals surface area contributed by atoms with E-state index in [0.29, 0.717) is 10.7 Å². The van der Waals surface area contributed by atoms with Crippen LogP contribution in [0.25, 0.3) is 5.70 Å². The maximum absolute atomic E-state index is 6.35. The van der Waals surface area contributed by atoms with Crippen molar-refractivity contribution in [2.75, 3.05) is 15.6 Å². The zero-order valence-electron chi connectivity index (χ0n) is 19.0. The Balaban J connectivity index is 1.46. The van der Waals surface area contributed by atoms with Crippen molar-refractivity contribution >= 4 is 45.7 Å². The first kappa shape index (κ1) is 23.1. The Bertz CT molecular complexity index is 1320. The summed E-state index contributed by atoms with van der Waals surface area (Å²) in [6, 6.07) is 21.3. The number of nitrogens with one attached hydrogen (secondary N) is 2. The quantitative estimate of drug-likeness (QED) is 0.197. The SMILES string of the molecule is Cc1cc(Nc2cccc(/C(N)=C/N(N)c3ccc(Nc4cc(C)ncc4Cl)cc3)c2)ccn1. The van der Waals surface area contributed by atoms with Crippen molar-refractivity contribution < 1.29 is 0 Å². The minimum Gasteiger partial charge on any atom is -0.397 e. The molecule has 0 aliphatic heterocycles. The Kier molecular flexibility index (Phi) is 6.96. The summed E-state index contributed by atoms with van der Waals surface area (Å²) >= 11 is 6.22. The molecule has 0 fully saturated rings. The van der Waals surface area contributed by atoms with Crippen LogP contribution in [0.4, 0.5) is 28.4 Å². The number of nitrogens with two attached hydrogens (primary N) is 2. The number of hydrogen-bond donors (Lipinski definition) is 4. The minimum atomic E-state index is 0.540. The van der Waals surface area contributed by atoms with Crippen LogP contribution < -0.4 is 27.2 Å². The molecule has 2 aromatic heterocycles. The van der Waals surface area contributed by atoms with E-state index in [2.05, 4.69) is 20.6 Å². The lowest BCUT2D eigenvalue weighted by Crippen LogP contribution is -2.25. The van der Waals surface area contributed by atoms with Gasteiger partial charge in [-0.05, 0) is 68.4 Å². The maximum Gasteiger partial charge on any atom is 0.0824 e. The fourth-order valence-corrected chi connectivity index (χ4v) is 3.53. The number of aromatic nitrogens is 2. The van der Waals surface area contributed by atoms with Gasteiger partial charge in [-0.25, -0.2) is 5.84 Å².